The second kappa shape index (κ2) is 13.4. The van der Waals surface area contributed by atoms with E-state index < -0.39 is 0 Å². The molecular weight excluding hydrogens is 394 g/mol. The van der Waals surface area contributed by atoms with Crippen molar-refractivity contribution in [2.75, 3.05) is 40.6 Å². The summed E-state index contributed by atoms with van der Waals surface area (Å²) in [5.41, 5.74) is 3.17. The Hall–Kier alpha value is -2.93. The number of hydrogen-bond acceptors (Lipinski definition) is 5. The molecule has 7 nitrogen and oxygen atoms in total. The van der Waals surface area contributed by atoms with Crippen molar-refractivity contribution in [3.05, 3.63) is 53.1 Å². The maximum Gasteiger partial charge on any atom is 0.191 e. The Morgan fingerprint density at radius 3 is 2.48 bits per heavy atom. The molecule has 0 heterocycles. The van der Waals surface area contributed by atoms with Crippen LogP contribution in [-0.2, 0) is 17.8 Å². The molecule has 0 radical (unpaired) electrons. The minimum absolute atomic E-state index is 0.460. The summed E-state index contributed by atoms with van der Waals surface area (Å²) in [5.74, 6) is 2.97. The lowest BCUT2D eigenvalue weighted by atomic mass is 10.1. The summed E-state index contributed by atoms with van der Waals surface area (Å²) >= 11 is 0. The van der Waals surface area contributed by atoms with E-state index in [1.54, 1.807) is 14.2 Å². The molecule has 0 unspecified atom stereocenters. The van der Waals surface area contributed by atoms with E-state index in [0.29, 0.717) is 50.4 Å². The number of methoxy groups -OCH3 is 2. The van der Waals surface area contributed by atoms with Crippen molar-refractivity contribution >= 4 is 5.96 Å². The van der Waals surface area contributed by atoms with Gasteiger partial charge in [0.1, 0.15) is 12.4 Å². The molecule has 0 aromatic heterocycles. The Morgan fingerprint density at radius 2 is 1.77 bits per heavy atom. The highest BCUT2D eigenvalue weighted by Crippen LogP contribution is 2.31. The van der Waals surface area contributed by atoms with E-state index in [1.807, 2.05) is 38.1 Å². The van der Waals surface area contributed by atoms with Crippen LogP contribution >= 0.6 is 0 Å². The zero-order chi connectivity index (χ0) is 22.5. The standard InChI is InChI=1S/C24H35N3O4/c1-6-25-24(27-17-20-9-8-10-21(28-4)23(20)29-5)26-16-19-12-11-18(3)15-22(19)31-14-13-30-7-2/h8-12,15H,6-7,13-14,16-17H2,1-5H3,(H2,25,26,27). The van der Waals surface area contributed by atoms with Crippen LogP contribution in [0.2, 0.25) is 0 Å². The van der Waals surface area contributed by atoms with Gasteiger partial charge < -0.3 is 29.6 Å². The summed E-state index contributed by atoms with van der Waals surface area (Å²) in [4.78, 5) is 4.71. The molecular formula is C24H35N3O4. The third kappa shape index (κ3) is 7.68. The average molecular weight is 430 g/mol. The van der Waals surface area contributed by atoms with Crippen LogP contribution in [0.15, 0.2) is 41.4 Å². The molecule has 0 bridgehead atoms. The Balaban J connectivity index is 2.09. The SMILES string of the molecule is CCNC(=NCc1cccc(OC)c1OC)NCc1ccc(C)cc1OCCOCC. The summed E-state index contributed by atoms with van der Waals surface area (Å²) in [5, 5.41) is 6.68. The fourth-order valence-corrected chi connectivity index (χ4v) is 3.06. The number of para-hydroxylation sites is 1. The van der Waals surface area contributed by atoms with Gasteiger partial charge in [0.15, 0.2) is 17.5 Å². The van der Waals surface area contributed by atoms with E-state index >= 15 is 0 Å². The van der Waals surface area contributed by atoms with E-state index in [0.717, 1.165) is 29.0 Å². The fourth-order valence-electron chi connectivity index (χ4n) is 3.06. The molecule has 0 saturated carbocycles. The number of nitrogens with zero attached hydrogens (tertiary/aromatic N) is 1. The van der Waals surface area contributed by atoms with Gasteiger partial charge in [-0.1, -0.05) is 24.3 Å². The average Bonchev–Trinajstić information content (AvgIpc) is 2.79. The highest BCUT2D eigenvalue weighted by atomic mass is 16.5. The topological polar surface area (TPSA) is 73.3 Å². The molecule has 2 rings (SSSR count). The van der Waals surface area contributed by atoms with Gasteiger partial charge in [0, 0.05) is 30.8 Å². The molecule has 2 N–H and O–H groups in total. The molecule has 2 aromatic carbocycles. The van der Waals surface area contributed by atoms with Gasteiger partial charge in [-0.25, -0.2) is 4.99 Å². The molecule has 0 aliphatic carbocycles. The zero-order valence-electron chi connectivity index (χ0n) is 19.3. The quantitative estimate of drug-likeness (QED) is 0.305. The van der Waals surface area contributed by atoms with Gasteiger partial charge >= 0.3 is 0 Å². The van der Waals surface area contributed by atoms with Gasteiger partial charge in [0.2, 0.25) is 0 Å². The Bertz CT molecular complexity index is 840. The van der Waals surface area contributed by atoms with Crippen molar-refractivity contribution in [2.24, 2.45) is 4.99 Å². The number of benzene rings is 2. The Kier molecular flexibility index (Phi) is 10.5. The Morgan fingerprint density at radius 1 is 0.935 bits per heavy atom. The zero-order valence-corrected chi connectivity index (χ0v) is 19.3. The van der Waals surface area contributed by atoms with Gasteiger partial charge in [0.05, 0.1) is 27.4 Å². The van der Waals surface area contributed by atoms with Crippen LogP contribution in [0.25, 0.3) is 0 Å². The number of ether oxygens (including phenoxy) is 4. The highest BCUT2D eigenvalue weighted by Gasteiger charge is 2.10. The van der Waals surface area contributed by atoms with Gasteiger partial charge in [-0.2, -0.15) is 0 Å². The number of rotatable bonds is 12. The summed E-state index contributed by atoms with van der Waals surface area (Å²) in [6, 6.07) is 12.0. The van der Waals surface area contributed by atoms with Crippen LogP contribution in [0.4, 0.5) is 0 Å². The second-order valence-electron chi connectivity index (χ2n) is 6.86. The molecule has 170 valence electrons. The second-order valence-corrected chi connectivity index (χ2v) is 6.86. The molecule has 0 fully saturated rings. The van der Waals surface area contributed by atoms with E-state index in [4.69, 9.17) is 23.9 Å². The minimum atomic E-state index is 0.460. The van der Waals surface area contributed by atoms with Crippen LogP contribution < -0.4 is 24.8 Å². The third-order valence-corrected chi connectivity index (χ3v) is 4.59. The molecule has 0 spiro atoms. The highest BCUT2D eigenvalue weighted by molar-refractivity contribution is 5.79. The van der Waals surface area contributed by atoms with Gasteiger partial charge in [-0.05, 0) is 38.5 Å². The number of aryl methyl sites for hydroxylation is 1. The maximum absolute atomic E-state index is 5.94. The number of guanidine groups is 1. The van der Waals surface area contributed by atoms with Crippen LogP contribution in [0.5, 0.6) is 17.2 Å². The first-order valence-electron chi connectivity index (χ1n) is 10.6. The number of hydrogen-bond donors (Lipinski definition) is 2. The largest absolute Gasteiger partial charge is 0.493 e. The first kappa shape index (κ1) is 24.3. The monoisotopic (exact) mass is 429 g/mol. The molecule has 0 aliphatic rings. The van der Waals surface area contributed by atoms with Gasteiger partial charge in [-0.3, -0.25) is 0 Å². The molecule has 0 saturated heterocycles. The molecule has 2 aromatic rings. The predicted molar refractivity (Wildman–Crippen MR) is 124 cm³/mol. The van der Waals surface area contributed by atoms with Crippen molar-refractivity contribution < 1.29 is 18.9 Å². The van der Waals surface area contributed by atoms with Gasteiger partial charge in [0.25, 0.3) is 0 Å². The fraction of sp³-hybridized carbons (Fsp3) is 0.458. The van der Waals surface area contributed by atoms with Crippen molar-refractivity contribution in [1.29, 1.82) is 0 Å². The predicted octanol–water partition coefficient (Wildman–Crippen LogP) is 3.68. The Labute approximate surface area is 185 Å². The summed E-state index contributed by atoms with van der Waals surface area (Å²) < 4.78 is 22.2. The molecule has 0 amide bonds. The van der Waals surface area contributed by atoms with E-state index in [-0.39, 0.29) is 0 Å². The van der Waals surface area contributed by atoms with Crippen molar-refractivity contribution in [3.63, 3.8) is 0 Å². The lowest BCUT2D eigenvalue weighted by molar-refractivity contribution is 0.110. The lowest BCUT2D eigenvalue weighted by Crippen LogP contribution is -2.36. The summed E-state index contributed by atoms with van der Waals surface area (Å²) in [6.07, 6.45) is 0. The van der Waals surface area contributed by atoms with Crippen molar-refractivity contribution in [1.82, 2.24) is 10.6 Å². The number of aliphatic imine (C=N–C) groups is 1. The minimum Gasteiger partial charge on any atom is -0.493 e. The van der Waals surface area contributed by atoms with Gasteiger partial charge in [-0.15, -0.1) is 0 Å². The lowest BCUT2D eigenvalue weighted by Gasteiger charge is -2.16. The first-order chi connectivity index (χ1) is 15.1. The van der Waals surface area contributed by atoms with Crippen LogP contribution in [0.1, 0.15) is 30.5 Å². The van der Waals surface area contributed by atoms with E-state index in [1.165, 1.54) is 0 Å². The summed E-state index contributed by atoms with van der Waals surface area (Å²) in [7, 11) is 3.27. The molecule has 31 heavy (non-hydrogen) atoms. The van der Waals surface area contributed by atoms with Crippen molar-refractivity contribution in [3.8, 4) is 17.2 Å². The molecule has 7 heteroatoms. The van der Waals surface area contributed by atoms with Crippen molar-refractivity contribution in [2.45, 2.75) is 33.9 Å². The van der Waals surface area contributed by atoms with E-state index in [2.05, 4.69) is 29.7 Å². The molecule has 0 atom stereocenters. The maximum atomic E-state index is 5.94. The molecule has 0 aliphatic heterocycles. The normalized spacial score (nSPS) is 11.2. The van der Waals surface area contributed by atoms with Crippen LogP contribution in [0.3, 0.4) is 0 Å². The van der Waals surface area contributed by atoms with E-state index in [9.17, 15) is 0 Å². The number of nitrogens with one attached hydrogen (secondary N) is 2. The third-order valence-electron chi connectivity index (χ3n) is 4.59. The summed E-state index contributed by atoms with van der Waals surface area (Å²) in [6.45, 7) is 9.66. The van der Waals surface area contributed by atoms with Crippen LogP contribution in [-0.4, -0.2) is 46.5 Å². The first-order valence-corrected chi connectivity index (χ1v) is 10.6. The smallest absolute Gasteiger partial charge is 0.191 e. The van der Waals surface area contributed by atoms with Crippen LogP contribution in [0, 0.1) is 6.92 Å².